The van der Waals surface area contributed by atoms with E-state index < -0.39 is 5.97 Å². The van der Waals surface area contributed by atoms with Gasteiger partial charge in [0.25, 0.3) is 0 Å². The number of amides is 2. The molecule has 0 spiro atoms. The van der Waals surface area contributed by atoms with E-state index in [1.165, 1.54) is 12.5 Å². The van der Waals surface area contributed by atoms with Crippen molar-refractivity contribution in [2.75, 3.05) is 13.7 Å². The molecule has 1 aromatic heterocycles. The van der Waals surface area contributed by atoms with Gasteiger partial charge in [0, 0.05) is 32.4 Å². The third-order valence-corrected chi connectivity index (χ3v) is 3.27. The van der Waals surface area contributed by atoms with Crippen LogP contribution in [0.15, 0.2) is 12.5 Å². The Labute approximate surface area is 116 Å². The smallest absolute Gasteiger partial charge is 0.356 e. The van der Waals surface area contributed by atoms with E-state index in [1.54, 1.807) is 11.7 Å². The Balaban J connectivity index is 1.62. The van der Waals surface area contributed by atoms with Crippen LogP contribution in [0.25, 0.3) is 0 Å². The summed E-state index contributed by atoms with van der Waals surface area (Å²) < 4.78 is 6.75. The summed E-state index contributed by atoms with van der Waals surface area (Å²) in [7, 11) is 1.66. The minimum atomic E-state index is -1.06. The molecule has 0 bridgehead atoms. The molecule has 2 amide bonds. The highest BCUT2D eigenvalue weighted by molar-refractivity contribution is 5.84. The molecule has 2 rings (SSSR count). The average molecular weight is 282 g/mol. The fraction of sp³-hybridized carbons (Fsp3) is 0.583. The van der Waals surface area contributed by atoms with Gasteiger partial charge in [-0.25, -0.2) is 14.6 Å². The van der Waals surface area contributed by atoms with Crippen molar-refractivity contribution in [3.05, 3.63) is 18.2 Å². The second kappa shape index (κ2) is 6.38. The number of carboxylic acids is 1. The number of urea groups is 1. The Morgan fingerprint density at radius 2 is 2.30 bits per heavy atom. The van der Waals surface area contributed by atoms with Gasteiger partial charge in [-0.1, -0.05) is 0 Å². The monoisotopic (exact) mass is 282 g/mol. The lowest BCUT2D eigenvalue weighted by Gasteiger charge is -2.34. The fourth-order valence-corrected chi connectivity index (χ4v) is 2.00. The molecule has 0 aromatic carbocycles. The third kappa shape index (κ3) is 3.70. The Morgan fingerprint density at radius 3 is 2.90 bits per heavy atom. The van der Waals surface area contributed by atoms with E-state index in [0.717, 1.165) is 12.8 Å². The molecule has 3 N–H and O–H groups in total. The topological polar surface area (TPSA) is 105 Å². The summed E-state index contributed by atoms with van der Waals surface area (Å²) in [5.74, 6) is -1.06. The second-order valence-corrected chi connectivity index (χ2v) is 4.73. The van der Waals surface area contributed by atoms with E-state index in [2.05, 4.69) is 15.6 Å². The maximum absolute atomic E-state index is 11.6. The summed E-state index contributed by atoms with van der Waals surface area (Å²) in [6.07, 6.45) is 4.79. The number of hydrogen-bond acceptors (Lipinski definition) is 4. The molecule has 20 heavy (non-hydrogen) atoms. The standard InChI is InChI=1S/C12H18N4O4/c1-20-9-4-8(5-9)15-12(19)13-2-3-16-6-10(11(17)18)14-7-16/h6-9H,2-5H2,1H3,(H,17,18)(H2,13,15,19). The van der Waals surface area contributed by atoms with Crippen molar-refractivity contribution in [3.63, 3.8) is 0 Å². The molecule has 110 valence electrons. The Hall–Kier alpha value is -2.09. The van der Waals surface area contributed by atoms with Gasteiger partial charge in [-0.2, -0.15) is 0 Å². The SMILES string of the molecule is COC1CC(NC(=O)NCCn2cnc(C(=O)O)c2)C1. The average Bonchev–Trinajstić information content (AvgIpc) is 2.82. The van der Waals surface area contributed by atoms with Gasteiger partial charge in [-0.05, 0) is 12.8 Å². The lowest BCUT2D eigenvalue weighted by Crippen LogP contribution is -2.51. The summed E-state index contributed by atoms with van der Waals surface area (Å²) in [5.41, 5.74) is -0.00507. The van der Waals surface area contributed by atoms with E-state index in [9.17, 15) is 9.59 Å². The van der Waals surface area contributed by atoms with Crippen molar-refractivity contribution >= 4 is 12.0 Å². The van der Waals surface area contributed by atoms with Gasteiger partial charge in [0.1, 0.15) is 0 Å². The van der Waals surface area contributed by atoms with Crippen LogP contribution < -0.4 is 10.6 Å². The van der Waals surface area contributed by atoms with Crippen LogP contribution in [0, 0.1) is 0 Å². The zero-order valence-electron chi connectivity index (χ0n) is 11.2. The number of hydrogen-bond donors (Lipinski definition) is 3. The second-order valence-electron chi connectivity index (χ2n) is 4.73. The summed E-state index contributed by atoms with van der Waals surface area (Å²) in [6, 6.07) is -0.0464. The minimum absolute atomic E-state index is 0.00507. The number of carbonyl (C=O) groups is 2. The molecule has 1 aliphatic rings. The number of carbonyl (C=O) groups excluding carboxylic acids is 1. The van der Waals surface area contributed by atoms with Crippen LogP contribution >= 0.6 is 0 Å². The predicted molar refractivity (Wildman–Crippen MR) is 69.5 cm³/mol. The maximum Gasteiger partial charge on any atom is 0.356 e. The Morgan fingerprint density at radius 1 is 1.55 bits per heavy atom. The number of carboxylic acid groups (broad SMARTS) is 1. The Kier molecular flexibility index (Phi) is 4.57. The normalized spacial score (nSPS) is 21.1. The zero-order chi connectivity index (χ0) is 14.5. The first kappa shape index (κ1) is 14.3. The van der Waals surface area contributed by atoms with E-state index in [4.69, 9.17) is 9.84 Å². The van der Waals surface area contributed by atoms with Crippen LogP contribution in [0.2, 0.25) is 0 Å². The molecular formula is C12H18N4O4. The van der Waals surface area contributed by atoms with Crippen molar-refractivity contribution in [2.24, 2.45) is 0 Å². The fourth-order valence-electron chi connectivity index (χ4n) is 2.00. The molecule has 0 unspecified atom stereocenters. The molecule has 1 aliphatic carbocycles. The van der Waals surface area contributed by atoms with Crippen molar-refractivity contribution in [3.8, 4) is 0 Å². The number of nitrogens with zero attached hydrogens (tertiary/aromatic N) is 2. The summed E-state index contributed by atoms with van der Waals surface area (Å²) in [4.78, 5) is 25.9. The lowest BCUT2D eigenvalue weighted by atomic mass is 9.89. The van der Waals surface area contributed by atoms with Gasteiger partial charge in [-0.3, -0.25) is 0 Å². The Bertz CT molecular complexity index is 482. The van der Waals surface area contributed by atoms with Crippen LogP contribution in [-0.4, -0.2) is 52.5 Å². The van der Waals surface area contributed by atoms with Gasteiger partial charge in [0.2, 0.25) is 0 Å². The quantitative estimate of drug-likeness (QED) is 0.684. The van der Waals surface area contributed by atoms with Gasteiger partial charge in [-0.15, -0.1) is 0 Å². The van der Waals surface area contributed by atoms with Crippen LogP contribution in [0.5, 0.6) is 0 Å². The molecular weight excluding hydrogens is 264 g/mol. The predicted octanol–water partition coefficient (Wildman–Crippen LogP) is 0.0579. The summed E-state index contributed by atoms with van der Waals surface area (Å²) >= 11 is 0. The molecule has 1 aromatic rings. The molecule has 0 atom stereocenters. The number of imidazole rings is 1. The molecule has 0 saturated heterocycles. The molecule has 1 saturated carbocycles. The molecule has 1 fully saturated rings. The third-order valence-electron chi connectivity index (χ3n) is 3.27. The molecule has 8 heteroatoms. The van der Waals surface area contributed by atoms with Crippen LogP contribution in [0.3, 0.4) is 0 Å². The number of rotatable bonds is 6. The van der Waals surface area contributed by atoms with Gasteiger partial charge < -0.3 is 25.0 Å². The van der Waals surface area contributed by atoms with Crippen LogP contribution in [-0.2, 0) is 11.3 Å². The molecule has 0 radical (unpaired) electrons. The number of ether oxygens (including phenoxy) is 1. The van der Waals surface area contributed by atoms with Crippen LogP contribution in [0.1, 0.15) is 23.3 Å². The molecule has 0 aliphatic heterocycles. The zero-order valence-corrected chi connectivity index (χ0v) is 11.2. The largest absolute Gasteiger partial charge is 0.476 e. The highest BCUT2D eigenvalue weighted by Crippen LogP contribution is 2.22. The lowest BCUT2D eigenvalue weighted by molar-refractivity contribution is 0.0205. The van der Waals surface area contributed by atoms with E-state index in [1.807, 2.05) is 0 Å². The van der Waals surface area contributed by atoms with Gasteiger partial charge in [0.15, 0.2) is 5.69 Å². The summed E-state index contributed by atoms with van der Waals surface area (Å²) in [6.45, 7) is 0.876. The van der Waals surface area contributed by atoms with Crippen molar-refractivity contribution in [2.45, 2.75) is 31.5 Å². The minimum Gasteiger partial charge on any atom is -0.476 e. The van der Waals surface area contributed by atoms with Crippen LogP contribution in [0.4, 0.5) is 4.79 Å². The summed E-state index contributed by atoms with van der Waals surface area (Å²) in [5, 5.41) is 14.3. The van der Waals surface area contributed by atoms with Gasteiger partial charge in [0.05, 0.1) is 12.4 Å². The number of aromatic nitrogens is 2. The number of nitrogens with one attached hydrogen (secondary N) is 2. The van der Waals surface area contributed by atoms with E-state index in [-0.39, 0.29) is 23.9 Å². The van der Waals surface area contributed by atoms with Crippen molar-refractivity contribution in [1.82, 2.24) is 20.2 Å². The first-order valence-electron chi connectivity index (χ1n) is 6.40. The van der Waals surface area contributed by atoms with E-state index >= 15 is 0 Å². The molecule has 1 heterocycles. The first-order chi connectivity index (χ1) is 9.58. The first-order valence-corrected chi connectivity index (χ1v) is 6.40. The van der Waals surface area contributed by atoms with Crippen molar-refractivity contribution in [1.29, 1.82) is 0 Å². The highest BCUT2D eigenvalue weighted by atomic mass is 16.5. The maximum atomic E-state index is 11.6. The number of methoxy groups -OCH3 is 1. The molecule has 8 nitrogen and oxygen atoms in total. The number of aromatic carboxylic acids is 1. The van der Waals surface area contributed by atoms with Gasteiger partial charge >= 0.3 is 12.0 Å². The van der Waals surface area contributed by atoms with E-state index in [0.29, 0.717) is 13.1 Å². The highest BCUT2D eigenvalue weighted by Gasteiger charge is 2.29. The van der Waals surface area contributed by atoms with Crippen molar-refractivity contribution < 1.29 is 19.4 Å².